The molecule has 1 atom stereocenters. The van der Waals surface area contributed by atoms with Gasteiger partial charge in [-0.2, -0.15) is 0 Å². The molecule has 0 aromatic heterocycles. The van der Waals surface area contributed by atoms with E-state index >= 15 is 0 Å². The van der Waals surface area contributed by atoms with Crippen molar-refractivity contribution < 1.29 is 0 Å². The number of nitrogens with one attached hydrogen (secondary N) is 1. The van der Waals surface area contributed by atoms with Crippen LogP contribution in [0.15, 0.2) is 0 Å². The number of rotatable bonds is 2. The number of likely N-dealkylation sites (tertiary alicyclic amines) is 1. The summed E-state index contributed by atoms with van der Waals surface area (Å²) in [6.45, 7) is 3.93. The summed E-state index contributed by atoms with van der Waals surface area (Å²) < 4.78 is 0. The number of hydrogen-bond acceptors (Lipinski definition) is 2. The summed E-state index contributed by atoms with van der Waals surface area (Å²) in [7, 11) is 0. The normalized spacial score (nSPS) is 34.9. The van der Waals surface area contributed by atoms with Gasteiger partial charge in [0.2, 0.25) is 0 Å². The molecule has 3 aliphatic rings. The fourth-order valence-electron chi connectivity index (χ4n) is 4.24. The molecule has 1 N–H and O–H groups in total. The molecule has 1 saturated carbocycles. The molecular weight excluding hydrogens is 196 g/mol. The van der Waals surface area contributed by atoms with Crippen LogP contribution in [0.3, 0.4) is 0 Å². The lowest BCUT2D eigenvalue weighted by atomic mass is 9.88. The van der Waals surface area contributed by atoms with E-state index in [1.807, 2.05) is 0 Å². The van der Waals surface area contributed by atoms with Crippen LogP contribution in [-0.2, 0) is 0 Å². The van der Waals surface area contributed by atoms with Gasteiger partial charge in [0.1, 0.15) is 0 Å². The molecule has 3 rings (SSSR count). The first-order valence-electron chi connectivity index (χ1n) is 7.41. The maximum absolute atomic E-state index is 3.50. The van der Waals surface area contributed by atoms with Crippen molar-refractivity contribution in [2.24, 2.45) is 5.92 Å². The Morgan fingerprint density at radius 1 is 0.812 bits per heavy atom. The number of piperidine rings is 1. The van der Waals surface area contributed by atoms with Gasteiger partial charge in [0.05, 0.1) is 0 Å². The van der Waals surface area contributed by atoms with Crippen LogP contribution in [0.1, 0.15) is 51.4 Å². The zero-order chi connectivity index (χ0) is 10.8. The Morgan fingerprint density at radius 3 is 2.31 bits per heavy atom. The summed E-state index contributed by atoms with van der Waals surface area (Å²) in [6.07, 6.45) is 11.7. The van der Waals surface area contributed by atoms with Crippen LogP contribution in [0.4, 0.5) is 0 Å². The van der Waals surface area contributed by atoms with Gasteiger partial charge in [-0.25, -0.2) is 0 Å². The van der Waals surface area contributed by atoms with Crippen molar-refractivity contribution in [3.8, 4) is 0 Å². The van der Waals surface area contributed by atoms with Crippen molar-refractivity contribution in [2.75, 3.05) is 19.6 Å². The molecule has 2 saturated heterocycles. The van der Waals surface area contributed by atoms with Gasteiger partial charge in [0, 0.05) is 12.1 Å². The zero-order valence-corrected chi connectivity index (χ0v) is 10.5. The third kappa shape index (κ3) is 2.14. The molecule has 1 aliphatic carbocycles. The van der Waals surface area contributed by atoms with Crippen LogP contribution < -0.4 is 5.32 Å². The molecule has 92 valence electrons. The minimum absolute atomic E-state index is 0.949. The lowest BCUT2D eigenvalue weighted by Gasteiger charge is -2.37. The lowest BCUT2D eigenvalue weighted by molar-refractivity contribution is 0.118. The number of nitrogens with zero attached hydrogens (tertiary/aromatic N) is 1. The first-order chi connectivity index (χ1) is 7.95. The maximum atomic E-state index is 3.50. The number of hydrogen-bond donors (Lipinski definition) is 1. The fourth-order valence-corrected chi connectivity index (χ4v) is 4.24. The second kappa shape index (κ2) is 5.05. The average Bonchev–Trinajstić information content (AvgIpc) is 3.01. The Hall–Kier alpha value is -0.0800. The summed E-state index contributed by atoms with van der Waals surface area (Å²) in [5.41, 5.74) is 0. The molecule has 0 bridgehead atoms. The molecule has 0 aromatic carbocycles. The summed E-state index contributed by atoms with van der Waals surface area (Å²) in [4.78, 5) is 2.91. The smallest absolute Gasteiger partial charge is 0.0128 e. The third-order valence-corrected chi connectivity index (χ3v) is 5.06. The van der Waals surface area contributed by atoms with Crippen molar-refractivity contribution in [2.45, 2.75) is 63.5 Å². The van der Waals surface area contributed by atoms with Crippen molar-refractivity contribution >= 4 is 0 Å². The first kappa shape index (κ1) is 11.0. The largest absolute Gasteiger partial charge is 0.317 e. The molecule has 0 aromatic rings. The predicted molar refractivity (Wildman–Crippen MR) is 67.6 cm³/mol. The van der Waals surface area contributed by atoms with Gasteiger partial charge in [-0.3, -0.25) is 4.90 Å². The highest BCUT2D eigenvalue weighted by atomic mass is 15.2. The van der Waals surface area contributed by atoms with Crippen molar-refractivity contribution in [3.63, 3.8) is 0 Å². The molecule has 2 heteroatoms. The predicted octanol–water partition coefficient (Wildman–Crippen LogP) is 2.39. The molecular formula is C14H26N2. The summed E-state index contributed by atoms with van der Waals surface area (Å²) in [5, 5.41) is 3.50. The Bertz CT molecular complexity index is 217. The van der Waals surface area contributed by atoms with E-state index < -0.39 is 0 Å². The van der Waals surface area contributed by atoms with Gasteiger partial charge in [-0.15, -0.1) is 0 Å². The van der Waals surface area contributed by atoms with Gasteiger partial charge in [-0.1, -0.05) is 12.8 Å². The van der Waals surface area contributed by atoms with E-state index in [0.717, 1.165) is 18.0 Å². The van der Waals surface area contributed by atoms with Crippen LogP contribution in [0.5, 0.6) is 0 Å². The van der Waals surface area contributed by atoms with E-state index in [9.17, 15) is 0 Å². The third-order valence-electron chi connectivity index (χ3n) is 5.06. The highest BCUT2D eigenvalue weighted by Crippen LogP contribution is 2.35. The van der Waals surface area contributed by atoms with Crippen molar-refractivity contribution in [3.05, 3.63) is 0 Å². The second-order valence-electron chi connectivity index (χ2n) is 5.97. The molecule has 0 radical (unpaired) electrons. The molecule has 3 fully saturated rings. The van der Waals surface area contributed by atoms with Gasteiger partial charge in [0.15, 0.2) is 0 Å². The van der Waals surface area contributed by atoms with E-state index in [1.54, 1.807) is 0 Å². The summed E-state index contributed by atoms with van der Waals surface area (Å²) >= 11 is 0. The average molecular weight is 222 g/mol. The summed E-state index contributed by atoms with van der Waals surface area (Å²) in [5.74, 6) is 1.00. The lowest BCUT2D eigenvalue weighted by Crippen LogP contribution is -2.44. The quantitative estimate of drug-likeness (QED) is 0.772. The minimum Gasteiger partial charge on any atom is -0.317 e. The SMILES string of the molecule is C1CCC(N2CCCC2C2CCNCC2)C1. The minimum atomic E-state index is 0.949. The topological polar surface area (TPSA) is 15.3 Å². The maximum Gasteiger partial charge on any atom is 0.0128 e. The van der Waals surface area contributed by atoms with Crippen molar-refractivity contribution in [1.82, 2.24) is 10.2 Å². The van der Waals surface area contributed by atoms with E-state index in [4.69, 9.17) is 0 Å². The van der Waals surface area contributed by atoms with Crippen LogP contribution in [0.2, 0.25) is 0 Å². The Kier molecular flexibility index (Phi) is 3.49. The molecule has 0 amide bonds. The van der Waals surface area contributed by atoms with E-state index in [0.29, 0.717) is 0 Å². The van der Waals surface area contributed by atoms with Gasteiger partial charge >= 0.3 is 0 Å². The van der Waals surface area contributed by atoms with Crippen LogP contribution in [0.25, 0.3) is 0 Å². The molecule has 0 spiro atoms. The van der Waals surface area contributed by atoms with E-state index in [1.165, 1.54) is 71.0 Å². The van der Waals surface area contributed by atoms with E-state index in [-0.39, 0.29) is 0 Å². The molecule has 16 heavy (non-hydrogen) atoms. The molecule has 1 unspecified atom stereocenters. The first-order valence-corrected chi connectivity index (χ1v) is 7.41. The monoisotopic (exact) mass is 222 g/mol. The zero-order valence-electron chi connectivity index (χ0n) is 10.5. The Balaban J connectivity index is 1.63. The van der Waals surface area contributed by atoms with E-state index in [2.05, 4.69) is 10.2 Å². The van der Waals surface area contributed by atoms with Crippen LogP contribution >= 0.6 is 0 Å². The Morgan fingerprint density at radius 2 is 1.56 bits per heavy atom. The van der Waals surface area contributed by atoms with Crippen LogP contribution in [-0.4, -0.2) is 36.6 Å². The van der Waals surface area contributed by atoms with Gasteiger partial charge in [0.25, 0.3) is 0 Å². The summed E-state index contributed by atoms with van der Waals surface area (Å²) in [6, 6.07) is 1.91. The molecule has 2 heterocycles. The highest BCUT2D eigenvalue weighted by Gasteiger charge is 2.36. The van der Waals surface area contributed by atoms with Crippen LogP contribution in [0, 0.1) is 5.92 Å². The second-order valence-corrected chi connectivity index (χ2v) is 5.97. The van der Waals surface area contributed by atoms with Gasteiger partial charge in [-0.05, 0) is 64.1 Å². The Labute approximate surface area is 99.8 Å². The van der Waals surface area contributed by atoms with Gasteiger partial charge < -0.3 is 5.32 Å². The molecule has 2 aliphatic heterocycles. The standard InChI is InChI=1S/C14H26N2/c1-2-5-13(4-1)16-11-3-6-14(16)12-7-9-15-10-8-12/h12-15H,1-11H2. The highest BCUT2D eigenvalue weighted by molar-refractivity contribution is 4.92. The van der Waals surface area contributed by atoms with Crippen molar-refractivity contribution in [1.29, 1.82) is 0 Å². The fraction of sp³-hybridized carbons (Fsp3) is 1.00. The molecule has 2 nitrogen and oxygen atoms in total.